The van der Waals surface area contributed by atoms with Crippen molar-refractivity contribution in [1.82, 2.24) is 4.90 Å². The van der Waals surface area contributed by atoms with Crippen LogP contribution in [0.2, 0.25) is 0 Å². The van der Waals surface area contributed by atoms with Gasteiger partial charge in [0.1, 0.15) is 5.76 Å². The van der Waals surface area contributed by atoms with Crippen LogP contribution in [0.15, 0.2) is 54.8 Å². The fraction of sp³-hybridized carbons (Fsp3) is 0.235. The number of methoxy groups -OCH3 is 1. The average Bonchev–Trinajstić information content (AvgIpc) is 2.88. The molecule has 1 aliphatic heterocycles. The van der Waals surface area contributed by atoms with E-state index < -0.39 is 0 Å². The van der Waals surface area contributed by atoms with Gasteiger partial charge in [-0.2, -0.15) is 0 Å². The van der Waals surface area contributed by atoms with Crippen LogP contribution < -0.4 is 16.4 Å². The van der Waals surface area contributed by atoms with E-state index in [9.17, 15) is 4.79 Å². The summed E-state index contributed by atoms with van der Waals surface area (Å²) in [6.07, 6.45) is 3.52. The van der Waals surface area contributed by atoms with Gasteiger partial charge < -0.3 is 21.1 Å². The van der Waals surface area contributed by atoms with E-state index in [-0.39, 0.29) is 6.03 Å². The van der Waals surface area contributed by atoms with Crippen LogP contribution in [-0.2, 0) is 4.74 Å². The fourth-order valence-electron chi connectivity index (χ4n) is 2.28. The first-order valence-corrected chi connectivity index (χ1v) is 7.22. The van der Waals surface area contributed by atoms with Crippen LogP contribution in [0.5, 0.6) is 0 Å². The van der Waals surface area contributed by atoms with Gasteiger partial charge in [-0.25, -0.2) is 4.79 Å². The van der Waals surface area contributed by atoms with Crippen molar-refractivity contribution >= 4 is 23.1 Å². The SMILES string of the molecule is C=C(/C=C\C(=C)OC)CN1CCN(c2ccc(N)c(N)c2)C1=O. The number of nitrogens with zero attached hydrogens (tertiary/aromatic N) is 2. The van der Waals surface area contributed by atoms with E-state index in [2.05, 4.69) is 13.2 Å². The van der Waals surface area contributed by atoms with Crippen LogP contribution in [0, 0.1) is 0 Å². The van der Waals surface area contributed by atoms with E-state index in [1.807, 2.05) is 0 Å². The molecule has 0 bridgehead atoms. The molecule has 0 radical (unpaired) electrons. The first-order valence-electron chi connectivity index (χ1n) is 7.22. The largest absolute Gasteiger partial charge is 0.497 e. The Morgan fingerprint density at radius 1 is 1.26 bits per heavy atom. The summed E-state index contributed by atoms with van der Waals surface area (Å²) < 4.78 is 4.95. The monoisotopic (exact) mass is 314 g/mol. The molecular weight excluding hydrogens is 292 g/mol. The highest BCUT2D eigenvalue weighted by molar-refractivity contribution is 5.95. The molecule has 4 N–H and O–H groups in total. The molecule has 6 nitrogen and oxygen atoms in total. The summed E-state index contributed by atoms with van der Waals surface area (Å²) in [7, 11) is 1.55. The second kappa shape index (κ2) is 6.91. The number of carbonyl (C=O) groups excluding carboxylic acids is 1. The van der Waals surface area contributed by atoms with Crippen molar-refractivity contribution in [2.75, 3.05) is 43.1 Å². The summed E-state index contributed by atoms with van der Waals surface area (Å²) in [5, 5.41) is 0. The summed E-state index contributed by atoms with van der Waals surface area (Å²) in [5.41, 5.74) is 14.0. The third kappa shape index (κ3) is 3.85. The van der Waals surface area contributed by atoms with Crippen LogP contribution in [0.4, 0.5) is 21.9 Å². The first-order chi connectivity index (χ1) is 10.9. The van der Waals surface area contributed by atoms with Crippen molar-refractivity contribution in [2.45, 2.75) is 0 Å². The number of amides is 2. The number of hydrogen-bond acceptors (Lipinski definition) is 4. The third-order valence-electron chi connectivity index (χ3n) is 3.64. The zero-order valence-corrected chi connectivity index (χ0v) is 13.3. The Morgan fingerprint density at radius 2 is 2.00 bits per heavy atom. The van der Waals surface area contributed by atoms with E-state index in [4.69, 9.17) is 16.2 Å². The number of nitrogen functional groups attached to an aromatic ring is 2. The second-order valence-electron chi connectivity index (χ2n) is 5.33. The number of urea groups is 1. The van der Waals surface area contributed by atoms with Crippen LogP contribution >= 0.6 is 0 Å². The highest BCUT2D eigenvalue weighted by Gasteiger charge is 2.29. The fourth-order valence-corrected chi connectivity index (χ4v) is 2.28. The van der Waals surface area contributed by atoms with Gasteiger partial charge in [0.15, 0.2) is 0 Å². The molecule has 1 aromatic carbocycles. The normalized spacial score (nSPS) is 14.6. The molecule has 1 fully saturated rings. The predicted molar refractivity (Wildman–Crippen MR) is 94.0 cm³/mol. The minimum Gasteiger partial charge on any atom is -0.497 e. The molecular formula is C17H22N4O2. The number of benzene rings is 1. The van der Waals surface area contributed by atoms with Crippen molar-refractivity contribution in [3.8, 4) is 0 Å². The Hall–Kier alpha value is -2.89. The number of allylic oxidation sites excluding steroid dienone is 1. The number of anilines is 3. The molecule has 2 rings (SSSR count). The highest BCUT2D eigenvalue weighted by Crippen LogP contribution is 2.26. The molecule has 1 aromatic rings. The molecule has 122 valence electrons. The quantitative estimate of drug-likeness (QED) is 0.479. The average molecular weight is 314 g/mol. The highest BCUT2D eigenvalue weighted by atomic mass is 16.5. The van der Waals surface area contributed by atoms with Gasteiger partial charge in [-0.1, -0.05) is 19.2 Å². The van der Waals surface area contributed by atoms with Gasteiger partial charge in [0.05, 0.1) is 18.5 Å². The van der Waals surface area contributed by atoms with E-state index in [0.717, 1.165) is 11.3 Å². The molecule has 0 aliphatic carbocycles. The number of nitrogens with two attached hydrogens (primary N) is 2. The standard InChI is InChI=1S/C17H22N4O2/c1-12(4-5-13(2)23-3)11-20-8-9-21(17(20)22)14-6-7-15(18)16(19)10-14/h4-7,10H,1-2,8-9,11,18-19H2,3H3/b5-4-. The topological polar surface area (TPSA) is 84.8 Å². The summed E-state index contributed by atoms with van der Waals surface area (Å²) >= 11 is 0. The second-order valence-corrected chi connectivity index (χ2v) is 5.33. The van der Waals surface area contributed by atoms with Crippen molar-refractivity contribution in [3.63, 3.8) is 0 Å². The molecule has 0 atom stereocenters. The Balaban J connectivity index is 2.01. The Labute approximate surface area is 136 Å². The van der Waals surface area contributed by atoms with E-state index in [1.54, 1.807) is 47.3 Å². The summed E-state index contributed by atoms with van der Waals surface area (Å²) in [6, 6.07) is 5.14. The zero-order chi connectivity index (χ0) is 17.0. The van der Waals surface area contributed by atoms with Gasteiger partial charge >= 0.3 is 6.03 Å². The molecule has 2 amide bonds. The van der Waals surface area contributed by atoms with Gasteiger partial charge in [-0.05, 0) is 29.8 Å². The summed E-state index contributed by atoms with van der Waals surface area (Å²) in [6.45, 7) is 9.33. The lowest BCUT2D eigenvalue weighted by Crippen LogP contribution is -2.32. The zero-order valence-electron chi connectivity index (χ0n) is 13.3. The van der Waals surface area contributed by atoms with Gasteiger partial charge in [0.2, 0.25) is 0 Å². The lowest BCUT2D eigenvalue weighted by molar-refractivity contribution is 0.224. The smallest absolute Gasteiger partial charge is 0.324 e. The Kier molecular flexibility index (Phi) is 4.95. The van der Waals surface area contributed by atoms with Gasteiger partial charge in [-0.15, -0.1) is 0 Å². The molecule has 0 spiro atoms. The van der Waals surface area contributed by atoms with Gasteiger partial charge in [-0.3, -0.25) is 4.90 Å². The van der Waals surface area contributed by atoms with Gasteiger partial charge in [0.25, 0.3) is 0 Å². The predicted octanol–water partition coefficient (Wildman–Crippen LogP) is 2.37. The molecule has 6 heteroatoms. The molecule has 0 saturated carbocycles. The third-order valence-corrected chi connectivity index (χ3v) is 3.64. The van der Waals surface area contributed by atoms with Crippen molar-refractivity contribution in [1.29, 1.82) is 0 Å². The number of ether oxygens (including phenoxy) is 1. The van der Waals surface area contributed by atoms with E-state index in [0.29, 0.717) is 36.8 Å². The number of carbonyl (C=O) groups is 1. The van der Waals surface area contributed by atoms with Crippen molar-refractivity contribution < 1.29 is 9.53 Å². The Bertz CT molecular complexity index is 667. The molecule has 1 heterocycles. The summed E-state index contributed by atoms with van der Waals surface area (Å²) in [4.78, 5) is 15.9. The first kappa shape index (κ1) is 16.5. The Morgan fingerprint density at radius 3 is 2.65 bits per heavy atom. The maximum atomic E-state index is 12.5. The minimum absolute atomic E-state index is 0.0747. The summed E-state index contributed by atoms with van der Waals surface area (Å²) in [5.74, 6) is 0.540. The van der Waals surface area contributed by atoms with Crippen LogP contribution in [0.25, 0.3) is 0 Å². The number of rotatable bonds is 6. The van der Waals surface area contributed by atoms with Crippen LogP contribution in [-0.4, -0.2) is 37.7 Å². The lowest BCUT2D eigenvalue weighted by atomic mass is 10.2. The van der Waals surface area contributed by atoms with Crippen molar-refractivity contribution in [2.24, 2.45) is 0 Å². The molecule has 1 saturated heterocycles. The maximum Gasteiger partial charge on any atom is 0.324 e. The number of hydrogen-bond donors (Lipinski definition) is 2. The molecule has 0 unspecified atom stereocenters. The lowest BCUT2D eigenvalue weighted by Gasteiger charge is -2.19. The molecule has 23 heavy (non-hydrogen) atoms. The van der Waals surface area contributed by atoms with Crippen molar-refractivity contribution in [3.05, 3.63) is 54.8 Å². The molecule has 1 aliphatic rings. The van der Waals surface area contributed by atoms with Crippen LogP contribution in [0.1, 0.15) is 0 Å². The van der Waals surface area contributed by atoms with Crippen LogP contribution in [0.3, 0.4) is 0 Å². The van der Waals surface area contributed by atoms with E-state index >= 15 is 0 Å². The minimum atomic E-state index is -0.0747. The van der Waals surface area contributed by atoms with E-state index in [1.165, 1.54) is 0 Å². The molecule has 0 aromatic heterocycles. The maximum absolute atomic E-state index is 12.5. The van der Waals surface area contributed by atoms with Gasteiger partial charge in [0, 0.05) is 25.3 Å².